The molecule has 100 valence electrons. The summed E-state index contributed by atoms with van der Waals surface area (Å²) in [4.78, 5) is 2.53. The molecular weight excluding hydrogens is 292 g/mol. The highest BCUT2D eigenvalue weighted by Gasteiger charge is 2.09. The summed E-state index contributed by atoms with van der Waals surface area (Å²) in [6, 6.07) is 6.22. The molecule has 0 aromatic heterocycles. The molecule has 4 heteroatoms. The van der Waals surface area contributed by atoms with E-state index in [-0.39, 0.29) is 0 Å². The molecule has 0 atom stereocenters. The predicted molar refractivity (Wildman–Crippen MR) is 78.3 cm³/mol. The van der Waals surface area contributed by atoms with E-state index in [2.05, 4.69) is 32.2 Å². The van der Waals surface area contributed by atoms with Gasteiger partial charge in [-0.15, -0.1) is 0 Å². The van der Waals surface area contributed by atoms with E-state index in [1.165, 1.54) is 31.6 Å². The van der Waals surface area contributed by atoms with Crippen molar-refractivity contribution in [1.29, 1.82) is 0 Å². The average molecular weight is 313 g/mol. The van der Waals surface area contributed by atoms with Crippen molar-refractivity contribution in [3.63, 3.8) is 0 Å². The Bertz CT molecular complexity index is 378. The first kappa shape index (κ1) is 13.8. The molecule has 0 radical (unpaired) electrons. The van der Waals surface area contributed by atoms with Crippen molar-refractivity contribution in [3.8, 4) is 5.75 Å². The summed E-state index contributed by atoms with van der Waals surface area (Å²) >= 11 is 3.52. The third-order valence-corrected chi connectivity index (χ3v) is 3.87. The van der Waals surface area contributed by atoms with Crippen LogP contribution in [0, 0.1) is 0 Å². The number of aryl methyl sites for hydroxylation is 1. The second-order valence-corrected chi connectivity index (χ2v) is 5.57. The molecule has 1 aliphatic rings. The summed E-state index contributed by atoms with van der Waals surface area (Å²) in [5, 5.41) is 3.38. The molecule has 0 saturated carbocycles. The lowest BCUT2D eigenvalue weighted by Gasteiger charge is -2.27. The van der Waals surface area contributed by atoms with Crippen molar-refractivity contribution >= 4 is 15.9 Å². The molecule has 0 amide bonds. The zero-order valence-electron chi connectivity index (χ0n) is 10.9. The number of ether oxygens (including phenoxy) is 1. The Kier molecular flexibility index (Phi) is 5.47. The van der Waals surface area contributed by atoms with Crippen LogP contribution in [-0.4, -0.2) is 44.7 Å². The van der Waals surface area contributed by atoms with Crippen LogP contribution in [0.25, 0.3) is 0 Å². The SMILES string of the molecule is COc1ccc(Br)cc1CCCN1CCNCC1. The lowest BCUT2D eigenvalue weighted by molar-refractivity contribution is 0.238. The fourth-order valence-corrected chi connectivity index (χ4v) is 2.78. The number of methoxy groups -OCH3 is 1. The van der Waals surface area contributed by atoms with Gasteiger partial charge in [0.1, 0.15) is 5.75 Å². The molecule has 1 aromatic carbocycles. The summed E-state index contributed by atoms with van der Waals surface area (Å²) < 4.78 is 6.52. The molecule has 0 unspecified atom stereocenters. The van der Waals surface area contributed by atoms with Gasteiger partial charge in [-0.2, -0.15) is 0 Å². The summed E-state index contributed by atoms with van der Waals surface area (Å²) in [6.07, 6.45) is 2.26. The number of nitrogens with zero attached hydrogens (tertiary/aromatic N) is 1. The van der Waals surface area contributed by atoms with E-state index >= 15 is 0 Å². The number of hydrogen-bond acceptors (Lipinski definition) is 3. The Morgan fingerprint density at radius 3 is 2.83 bits per heavy atom. The first-order chi connectivity index (χ1) is 8.79. The lowest BCUT2D eigenvalue weighted by Crippen LogP contribution is -2.43. The van der Waals surface area contributed by atoms with Gasteiger partial charge >= 0.3 is 0 Å². The van der Waals surface area contributed by atoms with E-state index in [1.807, 2.05) is 12.1 Å². The summed E-state index contributed by atoms with van der Waals surface area (Å²) in [7, 11) is 1.74. The molecule has 1 aliphatic heterocycles. The third kappa shape index (κ3) is 3.97. The van der Waals surface area contributed by atoms with Gasteiger partial charge in [0.05, 0.1) is 7.11 Å². The fourth-order valence-electron chi connectivity index (χ4n) is 2.37. The third-order valence-electron chi connectivity index (χ3n) is 3.37. The molecule has 0 bridgehead atoms. The van der Waals surface area contributed by atoms with E-state index in [4.69, 9.17) is 4.74 Å². The van der Waals surface area contributed by atoms with E-state index in [9.17, 15) is 0 Å². The predicted octanol–water partition coefficient (Wildman–Crippen LogP) is 2.30. The van der Waals surface area contributed by atoms with Crippen LogP contribution in [0.1, 0.15) is 12.0 Å². The summed E-state index contributed by atoms with van der Waals surface area (Å²) in [6.45, 7) is 5.78. The number of piperazine rings is 1. The van der Waals surface area contributed by atoms with Gasteiger partial charge in [-0.1, -0.05) is 15.9 Å². The van der Waals surface area contributed by atoms with Gasteiger partial charge in [0.25, 0.3) is 0 Å². The highest BCUT2D eigenvalue weighted by Crippen LogP contribution is 2.24. The molecule has 0 spiro atoms. The average Bonchev–Trinajstić information content (AvgIpc) is 2.40. The van der Waals surface area contributed by atoms with Crippen molar-refractivity contribution < 1.29 is 4.74 Å². The zero-order valence-corrected chi connectivity index (χ0v) is 12.5. The van der Waals surface area contributed by atoms with Crippen LogP contribution in [0.4, 0.5) is 0 Å². The molecular formula is C14H21BrN2O. The molecule has 2 rings (SSSR count). The second-order valence-electron chi connectivity index (χ2n) is 4.65. The Balaban J connectivity index is 1.83. The van der Waals surface area contributed by atoms with Crippen molar-refractivity contribution in [1.82, 2.24) is 10.2 Å². The van der Waals surface area contributed by atoms with Crippen molar-refractivity contribution in [2.45, 2.75) is 12.8 Å². The monoisotopic (exact) mass is 312 g/mol. The first-order valence-corrected chi connectivity index (χ1v) is 7.34. The maximum absolute atomic E-state index is 5.40. The molecule has 1 N–H and O–H groups in total. The standard InChI is InChI=1S/C14H21BrN2O/c1-18-14-5-4-13(15)11-12(14)3-2-8-17-9-6-16-7-10-17/h4-5,11,16H,2-3,6-10H2,1H3. The maximum Gasteiger partial charge on any atom is 0.122 e. The fraction of sp³-hybridized carbons (Fsp3) is 0.571. The second kappa shape index (κ2) is 7.12. The number of halogens is 1. The topological polar surface area (TPSA) is 24.5 Å². The van der Waals surface area contributed by atoms with Gasteiger partial charge in [-0.05, 0) is 43.1 Å². The van der Waals surface area contributed by atoms with Crippen LogP contribution in [0.5, 0.6) is 5.75 Å². The minimum Gasteiger partial charge on any atom is -0.496 e. The van der Waals surface area contributed by atoms with Crippen LogP contribution >= 0.6 is 15.9 Å². The minimum atomic E-state index is 0.999. The van der Waals surface area contributed by atoms with Crippen molar-refractivity contribution in [2.75, 3.05) is 39.8 Å². The molecule has 1 fully saturated rings. The highest BCUT2D eigenvalue weighted by molar-refractivity contribution is 9.10. The zero-order chi connectivity index (χ0) is 12.8. The van der Waals surface area contributed by atoms with Crippen molar-refractivity contribution in [2.24, 2.45) is 0 Å². The van der Waals surface area contributed by atoms with E-state index in [0.29, 0.717) is 0 Å². The molecule has 1 heterocycles. The number of hydrogen-bond donors (Lipinski definition) is 1. The number of rotatable bonds is 5. The van der Waals surface area contributed by atoms with Gasteiger partial charge in [0.15, 0.2) is 0 Å². The normalized spacial score (nSPS) is 16.8. The lowest BCUT2D eigenvalue weighted by atomic mass is 10.1. The smallest absolute Gasteiger partial charge is 0.122 e. The van der Waals surface area contributed by atoms with E-state index in [0.717, 1.165) is 29.7 Å². The molecule has 1 saturated heterocycles. The Hall–Kier alpha value is -0.580. The number of benzene rings is 1. The Morgan fingerprint density at radius 2 is 2.11 bits per heavy atom. The Morgan fingerprint density at radius 1 is 1.33 bits per heavy atom. The molecule has 0 aliphatic carbocycles. The van der Waals surface area contributed by atoms with Gasteiger partial charge in [0, 0.05) is 30.7 Å². The maximum atomic E-state index is 5.40. The highest BCUT2D eigenvalue weighted by atomic mass is 79.9. The van der Waals surface area contributed by atoms with E-state index < -0.39 is 0 Å². The first-order valence-electron chi connectivity index (χ1n) is 6.55. The van der Waals surface area contributed by atoms with Crippen molar-refractivity contribution in [3.05, 3.63) is 28.2 Å². The summed E-state index contributed by atoms with van der Waals surface area (Å²) in [5.74, 6) is 0.999. The minimum absolute atomic E-state index is 0.999. The van der Waals surface area contributed by atoms with Crippen LogP contribution < -0.4 is 10.1 Å². The Labute approximate surface area is 118 Å². The quantitative estimate of drug-likeness (QED) is 0.903. The van der Waals surface area contributed by atoms with E-state index in [1.54, 1.807) is 7.11 Å². The molecule has 18 heavy (non-hydrogen) atoms. The van der Waals surface area contributed by atoms with Crippen LogP contribution in [-0.2, 0) is 6.42 Å². The van der Waals surface area contributed by atoms with Gasteiger partial charge < -0.3 is 15.0 Å². The van der Waals surface area contributed by atoms with Gasteiger partial charge in [-0.3, -0.25) is 0 Å². The van der Waals surface area contributed by atoms with Gasteiger partial charge in [-0.25, -0.2) is 0 Å². The summed E-state index contributed by atoms with van der Waals surface area (Å²) in [5.41, 5.74) is 1.29. The number of nitrogens with one attached hydrogen (secondary N) is 1. The molecule has 1 aromatic rings. The molecule has 3 nitrogen and oxygen atoms in total. The van der Waals surface area contributed by atoms with Crippen LogP contribution in [0.15, 0.2) is 22.7 Å². The van der Waals surface area contributed by atoms with Crippen LogP contribution in [0.3, 0.4) is 0 Å². The van der Waals surface area contributed by atoms with Crippen LogP contribution in [0.2, 0.25) is 0 Å². The largest absolute Gasteiger partial charge is 0.496 e. The van der Waals surface area contributed by atoms with Gasteiger partial charge in [0.2, 0.25) is 0 Å².